The number of rotatable bonds is 7. The van der Waals surface area contributed by atoms with Crippen LogP contribution in [0.25, 0.3) is 0 Å². The Kier molecular flexibility index (Phi) is 7.95. The molecule has 0 aliphatic carbocycles. The molecule has 2 rings (SSSR count). The predicted octanol–water partition coefficient (Wildman–Crippen LogP) is 2.24. The number of amides is 1. The maximum absolute atomic E-state index is 12.1. The highest BCUT2D eigenvalue weighted by molar-refractivity contribution is 5.81. The van der Waals surface area contributed by atoms with E-state index in [2.05, 4.69) is 58.6 Å². The Morgan fingerprint density at radius 3 is 2.81 bits per heavy atom. The van der Waals surface area contributed by atoms with E-state index in [-0.39, 0.29) is 17.9 Å². The van der Waals surface area contributed by atoms with Gasteiger partial charge >= 0.3 is 0 Å². The molecule has 27 heavy (non-hydrogen) atoms. The van der Waals surface area contributed by atoms with Crippen molar-refractivity contribution in [3.05, 3.63) is 29.8 Å². The summed E-state index contributed by atoms with van der Waals surface area (Å²) >= 11 is 0. The van der Waals surface area contributed by atoms with E-state index in [1.807, 2.05) is 18.7 Å². The largest absolute Gasteiger partial charge is 0.370 e. The number of aliphatic imine (C=N–C) groups is 1. The molecule has 0 spiro atoms. The number of aryl methyl sites for hydroxylation is 1. The van der Waals surface area contributed by atoms with Crippen molar-refractivity contribution in [1.29, 1.82) is 0 Å². The molecule has 1 heterocycles. The zero-order valence-corrected chi connectivity index (χ0v) is 17.5. The highest BCUT2D eigenvalue weighted by Gasteiger charge is 2.27. The van der Waals surface area contributed by atoms with Gasteiger partial charge in [0.1, 0.15) is 0 Å². The quantitative estimate of drug-likeness (QED) is 0.568. The van der Waals surface area contributed by atoms with Crippen molar-refractivity contribution in [1.82, 2.24) is 15.5 Å². The Morgan fingerprint density at radius 1 is 1.41 bits per heavy atom. The average Bonchev–Trinajstić information content (AvgIpc) is 3.11. The summed E-state index contributed by atoms with van der Waals surface area (Å²) < 4.78 is 0. The van der Waals surface area contributed by atoms with Gasteiger partial charge in [0, 0.05) is 57.4 Å². The summed E-state index contributed by atoms with van der Waals surface area (Å²) in [6, 6.07) is 8.86. The lowest BCUT2D eigenvalue weighted by Crippen LogP contribution is -2.47. The summed E-state index contributed by atoms with van der Waals surface area (Å²) in [5.41, 5.74) is 2.53. The fourth-order valence-electron chi connectivity index (χ4n) is 3.44. The molecule has 0 saturated carbocycles. The van der Waals surface area contributed by atoms with Gasteiger partial charge in [-0.15, -0.1) is 0 Å². The number of carbonyl (C=O) groups is 1. The number of hydrogen-bond donors (Lipinski definition) is 2. The van der Waals surface area contributed by atoms with Crippen LogP contribution in [0, 0.1) is 12.8 Å². The van der Waals surface area contributed by atoms with E-state index in [1.54, 1.807) is 7.05 Å². The van der Waals surface area contributed by atoms with Gasteiger partial charge in [-0.3, -0.25) is 9.79 Å². The number of benzene rings is 1. The van der Waals surface area contributed by atoms with E-state index in [9.17, 15) is 4.79 Å². The topological polar surface area (TPSA) is 60.0 Å². The van der Waals surface area contributed by atoms with Gasteiger partial charge in [0.2, 0.25) is 5.91 Å². The summed E-state index contributed by atoms with van der Waals surface area (Å²) in [6.45, 7) is 12.5. The van der Waals surface area contributed by atoms with Crippen molar-refractivity contribution in [2.75, 3.05) is 44.7 Å². The lowest BCUT2D eigenvalue weighted by molar-refractivity contribution is -0.133. The Labute approximate surface area is 164 Å². The predicted molar refractivity (Wildman–Crippen MR) is 113 cm³/mol. The number of carbonyl (C=O) groups excluding carboxylic acids is 1. The molecular formula is C21H35N5O. The van der Waals surface area contributed by atoms with Crippen molar-refractivity contribution in [3.63, 3.8) is 0 Å². The molecule has 0 bridgehead atoms. The van der Waals surface area contributed by atoms with Gasteiger partial charge < -0.3 is 20.4 Å². The highest BCUT2D eigenvalue weighted by atomic mass is 16.2. The Morgan fingerprint density at radius 2 is 2.19 bits per heavy atom. The van der Waals surface area contributed by atoms with Crippen LogP contribution in [0.1, 0.15) is 32.8 Å². The first-order valence-corrected chi connectivity index (χ1v) is 10.0. The van der Waals surface area contributed by atoms with Gasteiger partial charge in [-0.25, -0.2) is 0 Å². The summed E-state index contributed by atoms with van der Waals surface area (Å²) in [5.74, 6) is 1.10. The normalized spacial score (nSPS) is 17.3. The molecule has 1 aliphatic heterocycles. The molecule has 1 amide bonds. The van der Waals surface area contributed by atoms with Gasteiger partial charge in [-0.2, -0.15) is 0 Å². The number of anilines is 1. The molecular weight excluding hydrogens is 338 g/mol. The fraction of sp³-hybridized carbons (Fsp3) is 0.619. The second-order valence-corrected chi connectivity index (χ2v) is 7.49. The van der Waals surface area contributed by atoms with Crippen LogP contribution in [0.5, 0.6) is 0 Å². The minimum atomic E-state index is 0.0582. The molecule has 6 heteroatoms. The smallest absolute Gasteiger partial charge is 0.225 e. The third-order valence-corrected chi connectivity index (χ3v) is 4.98. The number of guanidine groups is 1. The molecule has 0 aromatic heterocycles. The number of likely N-dealkylation sites (tertiary alicyclic amines) is 1. The third kappa shape index (κ3) is 6.15. The maximum Gasteiger partial charge on any atom is 0.225 e. The van der Waals surface area contributed by atoms with Crippen LogP contribution in [0.4, 0.5) is 5.69 Å². The van der Waals surface area contributed by atoms with Crippen molar-refractivity contribution >= 4 is 17.6 Å². The molecule has 1 unspecified atom stereocenters. The zero-order chi connectivity index (χ0) is 19.8. The molecule has 1 aromatic rings. The summed E-state index contributed by atoms with van der Waals surface area (Å²) in [4.78, 5) is 20.8. The van der Waals surface area contributed by atoms with Gasteiger partial charge in [-0.05, 0) is 38.0 Å². The van der Waals surface area contributed by atoms with Crippen molar-refractivity contribution < 1.29 is 4.79 Å². The Hall–Kier alpha value is -2.24. The van der Waals surface area contributed by atoms with Crippen LogP contribution in [0.15, 0.2) is 29.3 Å². The van der Waals surface area contributed by atoms with Gasteiger partial charge in [-0.1, -0.05) is 26.0 Å². The van der Waals surface area contributed by atoms with E-state index >= 15 is 0 Å². The van der Waals surface area contributed by atoms with E-state index in [0.29, 0.717) is 0 Å². The summed E-state index contributed by atoms with van der Waals surface area (Å²) in [5, 5.41) is 6.86. The summed E-state index contributed by atoms with van der Waals surface area (Å²) in [6.07, 6.45) is 0.962. The first kappa shape index (κ1) is 21.1. The standard InChI is InChI=1S/C21H35N5O/c1-6-25(19-9-7-8-17(4)14-19)13-11-23-21(22-5)24-18-10-12-26(15-18)20(27)16(2)3/h7-9,14,16,18H,6,10-13,15H2,1-5H3,(H2,22,23,24). The van der Waals surface area contributed by atoms with E-state index in [1.165, 1.54) is 11.3 Å². The second-order valence-electron chi connectivity index (χ2n) is 7.49. The van der Waals surface area contributed by atoms with Crippen LogP contribution in [0.3, 0.4) is 0 Å². The van der Waals surface area contributed by atoms with Gasteiger partial charge in [0.15, 0.2) is 5.96 Å². The summed E-state index contributed by atoms with van der Waals surface area (Å²) in [7, 11) is 1.79. The van der Waals surface area contributed by atoms with Crippen LogP contribution >= 0.6 is 0 Å². The fourth-order valence-corrected chi connectivity index (χ4v) is 3.44. The Balaban J connectivity index is 1.79. The number of nitrogens with zero attached hydrogens (tertiary/aromatic N) is 3. The average molecular weight is 374 g/mol. The number of likely N-dealkylation sites (N-methyl/N-ethyl adjacent to an activating group) is 1. The van der Waals surface area contributed by atoms with Crippen molar-refractivity contribution in [3.8, 4) is 0 Å². The molecule has 0 radical (unpaired) electrons. The Bertz CT molecular complexity index is 643. The molecule has 1 fully saturated rings. The first-order chi connectivity index (χ1) is 12.9. The van der Waals surface area contributed by atoms with E-state index in [4.69, 9.17) is 0 Å². The van der Waals surface area contributed by atoms with Crippen molar-refractivity contribution in [2.45, 2.75) is 40.2 Å². The van der Waals surface area contributed by atoms with Gasteiger partial charge in [0.05, 0.1) is 0 Å². The molecule has 1 aliphatic rings. The zero-order valence-electron chi connectivity index (χ0n) is 17.5. The molecule has 1 atom stereocenters. The molecule has 2 N–H and O–H groups in total. The minimum Gasteiger partial charge on any atom is -0.370 e. The first-order valence-electron chi connectivity index (χ1n) is 10.0. The highest BCUT2D eigenvalue weighted by Crippen LogP contribution is 2.15. The lowest BCUT2D eigenvalue weighted by atomic mass is 10.2. The third-order valence-electron chi connectivity index (χ3n) is 4.98. The van der Waals surface area contributed by atoms with Crippen molar-refractivity contribution in [2.24, 2.45) is 10.9 Å². The molecule has 1 aromatic carbocycles. The van der Waals surface area contributed by atoms with Crippen LogP contribution in [0.2, 0.25) is 0 Å². The minimum absolute atomic E-state index is 0.0582. The van der Waals surface area contributed by atoms with Crippen LogP contribution < -0.4 is 15.5 Å². The monoisotopic (exact) mass is 373 g/mol. The van der Waals surface area contributed by atoms with Crippen LogP contribution in [-0.4, -0.2) is 62.6 Å². The SMILES string of the molecule is CCN(CCNC(=NC)NC1CCN(C(=O)C(C)C)C1)c1cccc(C)c1. The van der Waals surface area contributed by atoms with Gasteiger partial charge in [0.25, 0.3) is 0 Å². The second kappa shape index (κ2) is 10.2. The molecule has 150 valence electrons. The molecule has 1 saturated heterocycles. The van der Waals surface area contributed by atoms with Crippen LogP contribution in [-0.2, 0) is 4.79 Å². The lowest BCUT2D eigenvalue weighted by Gasteiger charge is -2.25. The number of nitrogens with one attached hydrogen (secondary N) is 2. The van der Waals surface area contributed by atoms with E-state index < -0.39 is 0 Å². The molecule has 6 nitrogen and oxygen atoms in total. The van der Waals surface area contributed by atoms with E-state index in [0.717, 1.165) is 45.1 Å². The maximum atomic E-state index is 12.1. The number of hydrogen-bond acceptors (Lipinski definition) is 3.